The van der Waals surface area contributed by atoms with E-state index in [1.165, 1.54) is 17.2 Å². The number of benzene rings is 2. The van der Waals surface area contributed by atoms with Crippen LogP contribution in [0.15, 0.2) is 42.5 Å². The summed E-state index contributed by atoms with van der Waals surface area (Å²) in [6, 6.07) is 12.3. The van der Waals surface area contributed by atoms with Gasteiger partial charge in [0, 0.05) is 35.6 Å². The van der Waals surface area contributed by atoms with Crippen LogP contribution in [0.25, 0.3) is 0 Å². The minimum absolute atomic E-state index is 0.0594. The van der Waals surface area contributed by atoms with E-state index in [0.717, 1.165) is 57.7 Å². The van der Waals surface area contributed by atoms with E-state index in [9.17, 15) is 17.8 Å². The molecule has 2 saturated heterocycles. The number of carbonyl (C=O) groups excluding carboxylic acids is 1. The van der Waals surface area contributed by atoms with Gasteiger partial charge in [-0.3, -0.25) is 9.00 Å². The van der Waals surface area contributed by atoms with Crippen LogP contribution < -0.4 is 0 Å². The molecular formula is C30H36F2N2O3S. The summed E-state index contributed by atoms with van der Waals surface area (Å²) < 4.78 is 47.5. The maximum Gasteiger partial charge on any atom is 0.225 e. The van der Waals surface area contributed by atoms with E-state index in [2.05, 4.69) is 17.0 Å². The number of amides is 1. The first-order valence-electron chi connectivity index (χ1n) is 14.0. The van der Waals surface area contributed by atoms with E-state index in [1.54, 1.807) is 6.07 Å². The zero-order chi connectivity index (χ0) is 26.3. The predicted octanol–water partition coefficient (Wildman–Crippen LogP) is 4.85. The van der Waals surface area contributed by atoms with E-state index in [-0.39, 0.29) is 16.6 Å². The average molecular weight is 543 g/mol. The highest BCUT2D eigenvalue weighted by atomic mass is 32.2. The summed E-state index contributed by atoms with van der Waals surface area (Å²) in [5.41, 5.74) is 2.14. The van der Waals surface area contributed by atoms with E-state index >= 15 is 0 Å². The lowest BCUT2D eigenvalue weighted by atomic mass is 9.85. The Morgan fingerprint density at radius 3 is 2.55 bits per heavy atom. The molecule has 2 aromatic rings. The highest BCUT2D eigenvalue weighted by molar-refractivity contribution is 7.85. The topological polar surface area (TPSA) is 49.9 Å². The quantitative estimate of drug-likeness (QED) is 0.542. The Morgan fingerprint density at radius 1 is 1.03 bits per heavy atom. The third-order valence-electron chi connectivity index (χ3n) is 9.37. The number of likely N-dealkylation sites (tertiary alicyclic amines) is 1. The normalized spacial score (nSPS) is 27.6. The molecule has 0 bridgehead atoms. The van der Waals surface area contributed by atoms with Crippen LogP contribution in [-0.2, 0) is 36.4 Å². The molecule has 1 spiro atoms. The molecule has 5 nitrogen and oxygen atoms in total. The maximum atomic E-state index is 14.4. The third-order valence-corrected chi connectivity index (χ3v) is 11.4. The zero-order valence-corrected chi connectivity index (χ0v) is 22.6. The number of fused-ring (bicyclic) bond motifs is 2. The van der Waals surface area contributed by atoms with Crippen molar-refractivity contribution in [2.75, 3.05) is 39.3 Å². The lowest BCUT2D eigenvalue weighted by molar-refractivity contribution is -0.158. The summed E-state index contributed by atoms with van der Waals surface area (Å²) in [6.07, 6.45) is 6.26. The minimum Gasteiger partial charge on any atom is -0.367 e. The highest BCUT2D eigenvalue weighted by Crippen LogP contribution is 2.47. The Morgan fingerprint density at radius 2 is 1.79 bits per heavy atom. The smallest absolute Gasteiger partial charge is 0.225 e. The Bertz CT molecular complexity index is 1230. The van der Waals surface area contributed by atoms with Crippen LogP contribution in [0.5, 0.6) is 0 Å². The van der Waals surface area contributed by atoms with E-state index in [1.807, 2.05) is 17.0 Å². The number of morpholine rings is 1. The summed E-state index contributed by atoms with van der Waals surface area (Å²) >= 11 is 0. The molecule has 1 amide bonds. The monoisotopic (exact) mass is 542 g/mol. The molecule has 3 aliphatic heterocycles. The molecule has 0 radical (unpaired) electrons. The number of hydrogen-bond donors (Lipinski definition) is 0. The van der Waals surface area contributed by atoms with Crippen LogP contribution in [0.1, 0.15) is 61.6 Å². The molecule has 204 valence electrons. The molecule has 0 aromatic heterocycles. The van der Waals surface area contributed by atoms with Crippen molar-refractivity contribution in [1.82, 2.24) is 9.80 Å². The molecule has 8 heteroatoms. The Labute approximate surface area is 226 Å². The molecular weight excluding hydrogens is 506 g/mol. The van der Waals surface area contributed by atoms with Gasteiger partial charge in [0.25, 0.3) is 0 Å². The van der Waals surface area contributed by atoms with Gasteiger partial charge in [-0.05, 0) is 74.0 Å². The largest absolute Gasteiger partial charge is 0.367 e. The maximum absolute atomic E-state index is 14.4. The molecule has 1 unspecified atom stereocenters. The minimum atomic E-state index is -0.915. The predicted molar refractivity (Wildman–Crippen MR) is 143 cm³/mol. The van der Waals surface area contributed by atoms with Gasteiger partial charge in [0.1, 0.15) is 5.60 Å². The Kier molecular flexibility index (Phi) is 7.16. The Hall–Kier alpha value is -2.16. The number of carbonyl (C=O) groups is 1. The first-order chi connectivity index (χ1) is 18.4. The van der Waals surface area contributed by atoms with Gasteiger partial charge in [-0.15, -0.1) is 0 Å². The van der Waals surface area contributed by atoms with E-state index in [4.69, 9.17) is 4.74 Å². The number of halogens is 2. The van der Waals surface area contributed by atoms with E-state index < -0.39 is 28.0 Å². The second-order valence-electron chi connectivity index (χ2n) is 11.4. The van der Waals surface area contributed by atoms with Crippen molar-refractivity contribution < 1.29 is 22.5 Å². The standard InChI is InChI=1S/C30H36F2N2O3S/c31-26-10-9-24(19-27(26)32)29(21-34(17-18-37-29)28(35)22-5-1-2-6-22)11-14-33-15-12-30(13-16-33)25-8-4-3-7-23(25)20-38(30)36/h3-4,7-10,19,22H,1-2,5-6,11-18,20-21H2/t29-,38?/m0/s1. The van der Waals surface area contributed by atoms with E-state index in [0.29, 0.717) is 44.0 Å². The zero-order valence-electron chi connectivity index (χ0n) is 21.8. The molecule has 2 aromatic carbocycles. The Balaban J connectivity index is 1.19. The van der Waals surface area contributed by atoms with Gasteiger partial charge < -0.3 is 14.5 Å². The highest BCUT2D eigenvalue weighted by Gasteiger charge is 2.48. The number of nitrogens with zero attached hydrogens (tertiary/aromatic N) is 2. The van der Waals surface area contributed by atoms with Crippen molar-refractivity contribution >= 4 is 16.7 Å². The molecule has 6 rings (SSSR count). The molecule has 3 fully saturated rings. The molecule has 38 heavy (non-hydrogen) atoms. The lowest BCUT2D eigenvalue weighted by Crippen LogP contribution is -2.54. The van der Waals surface area contributed by atoms with Gasteiger partial charge >= 0.3 is 0 Å². The fourth-order valence-corrected chi connectivity index (χ4v) is 9.01. The van der Waals surface area contributed by atoms with Crippen LogP contribution in [0.2, 0.25) is 0 Å². The molecule has 3 heterocycles. The number of hydrogen-bond acceptors (Lipinski definition) is 4. The van der Waals surface area contributed by atoms with Crippen LogP contribution >= 0.6 is 0 Å². The number of ether oxygens (including phenoxy) is 1. The summed E-state index contributed by atoms with van der Waals surface area (Å²) in [5.74, 6) is -0.922. The van der Waals surface area contributed by atoms with Crippen molar-refractivity contribution in [3.63, 3.8) is 0 Å². The fraction of sp³-hybridized carbons (Fsp3) is 0.567. The molecule has 1 aliphatic carbocycles. The number of rotatable bonds is 5. The van der Waals surface area contributed by atoms with Crippen LogP contribution in [0.3, 0.4) is 0 Å². The molecule has 1 saturated carbocycles. The molecule has 0 N–H and O–H groups in total. The van der Waals surface area contributed by atoms with Gasteiger partial charge in [-0.25, -0.2) is 8.78 Å². The SMILES string of the molecule is O=C(C1CCCC1)N1CCO[C@](CCN2CCC3(CC2)c2ccccc2CS3=O)(c2ccc(F)c(F)c2)C1. The van der Waals surface area contributed by atoms with Crippen LogP contribution in [-0.4, -0.2) is 59.2 Å². The van der Waals surface area contributed by atoms with Crippen molar-refractivity contribution in [2.24, 2.45) is 5.92 Å². The average Bonchev–Trinajstić information content (AvgIpc) is 3.57. The summed E-state index contributed by atoms with van der Waals surface area (Å²) in [5, 5.41) is 0. The second kappa shape index (κ2) is 10.4. The van der Waals surface area contributed by atoms with Crippen LogP contribution in [0.4, 0.5) is 8.78 Å². The van der Waals surface area contributed by atoms with Crippen molar-refractivity contribution in [3.8, 4) is 0 Å². The molecule has 4 aliphatic rings. The van der Waals surface area contributed by atoms with Crippen LogP contribution in [0, 0.1) is 17.6 Å². The van der Waals surface area contributed by atoms with Gasteiger partial charge in [0.2, 0.25) is 5.91 Å². The van der Waals surface area contributed by atoms with Gasteiger partial charge in [-0.2, -0.15) is 0 Å². The van der Waals surface area contributed by atoms with Crippen molar-refractivity contribution in [2.45, 2.75) is 61.0 Å². The first kappa shape index (κ1) is 26.1. The van der Waals surface area contributed by atoms with Crippen molar-refractivity contribution in [3.05, 3.63) is 70.8 Å². The van der Waals surface area contributed by atoms with Crippen molar-refractivity contribution in [1.29, 1.82) is 0 Å². The second-order valence-corrected chi connectivity index (χ2v) is 13.2. The number of piperidine rings is 1. The summed E-state index contributed by atoms with van der Waals surface area (Å²) in [6.45, 7) is 3.59. The fourth-order valence-electron chi connectivity index (χ4n) is 7.12. The lowest BCUT2D eigenvalue weighted by Gasteiger charge is -2.45. The summed E-state index contributed by atoms with van der Waals surface area (Å²) in [4.78, 5) is 17.6. The first-order valence-corrected chi connectivity index (χ1v) is 15.3. The van der Waals surface area contributed by atoms with Gasteiger partial charge in [0.05, 0.1) is 17.9 Å². The van der Waals surface area contributed by atoms with Gasteiger partial charge in [0.15, 0.2) is 11.6 Å². The third kappa shape index (κ3) is 4.62. The summed E-state index contributed by atoms with van der Waals surface area (Å²) in [7, 11) is -0.915. The molecule has 2 atom stereocenters. The van der Waals surface area contributed by atoms with Gasteiger partial charge in [-0.1, -0.05) is 43.2 Å².